The molecule has 0 spiro atoms. The van der Waals surface area contributed by atoms with Gasteiger partial charge in [-0.2, -0.15) is 0 Å². The molecule has 0 atom stereocenters. The van der Waals surface area contributed by atoms with Gasteiger partial charge in [-0.1, -0.05) is 37.1 Å². The van der Waals surface area contributed by atoms with Crippen molar-refractivity contribution >= 4 is 10.9 Å². The molecule has 5 rings (SSSR count). The zero-order chi connectivity index (χ0) is 20.9. The molecule has 4 nitrogen and oxygen atoms in total. The fraction of sp³-hybridized carbons (Fsp3) is 0.481. The number of piperidine rings is 1. The molecule has 3 aromatic rings. The molecular formula is C27H34N4. The van der Waals surface area contributed by atoms with Gasteiger partial charge in [-0.3, -0.25) is 14.9 Å². The first-order valence-corrected chi connectivity index (χ1v) is 12.0. The molecule has 3 heterocycles. The van der Waals surface area contributed by atoms with Crippen LogP contribution in [0.4, 0.5) is 0 Å². The quantitative estimate of drug-likeness (QED) is 0.526. The van der Waals surface area contributed by atoms with E-state index in [-0.39, 0.29) is 0 Å². The number of aromatic nitrogens is 2. The monoisotopic (exact) mass is 414 g/mol. The summed E-state index contributed by atoms with van der Waals surface area (Å²) < 4.78 is 0. The van der Waals surface area contributed by atoms with Crippen molar-refractivity contribution in [2.24, 2.45) is 5.92 Å². The lowest BCUT2D eigenvalue weighted by Gasteiger charge is -2.38. The third kappa shape index (κ3) is 5.13. The van der Waals surface area contributed by atoms with E-state index in [9.17, 15) is 0 Å². The van der Waals surface area contributed by atoms with Crippen LogP contribution in [0, 0.1) is 5.92 Å². The lowest BCUT2D eigenvalue weighted by Crippen LogP contribution is -2.42. The first kappa shape index (κ1) is 20.6. The molecule has 1 aromatic carbocycles. The highest BCUT2D eigenvalue weighted by molar-refractivity contribution is 5.81. The largest absolute Gasteiger partial charge is 0.300 e. The molecular weight excluding hydrogens is 380 g/mol. The van der Waals surface area contributed by atoms with E-state index in [1.807, 2.05) is 18.6 Å². The van der Waals surface area contributed by atoms with Gasteiger partial charge in [-0.15, -0.1) is 0 Å². The van der Waals surface area contributed by atoms with Crippen molar-refractivity contribution in [1.82, 2.24) is 19.8 Å². The number of nitrogens with zero attached hydrogens (tertiary/aromatic N) is 4. The summed E-state index contributed by atoms with van der Waals surface area (Å²) in [6.07, 6.45) is 14.2. The van der Waals surface area contributed by atoms with Crippen LogP contribution in [-0.4, -0.2) is 45.4 Å². The smallest absolute Gasteiger partial charge is 0.0705 e. The van der Waals surface area contributed by atoms with E-state index in [4.69, 9.17) is 0 Å². The minimum absolute atomic E-state index is 0.780. The maximum absolute atomic E-state index is 4.56. The highest BCUT2D eigenvalue weighted by Crippen LogP contribution is 2.29. The van der Waals surface area contributed by atoms with Gasteiger partial charge in [0.1, 0.15) is 0 Å². The Balaban J connectivity index is 1.29. The minimum atomic E-state index is 0.780. The van der Waals surface area contributed by atoms with Crippen LogP contribution in [0.2, 0.25) is 0 Å². The van der Waals surface area contributed by atoms with Crippen molar-refractivity contribution in [3.8, 4) is 0 Å². The molecule has 31 heavy (non-hydrogen) atoms. The molecule has 4 heteroatoms. The summed E-state index contributed by atoms with van der Waals surface area (Å²) in [4.78, 5) is 14.3. The number of benzene rings is 1. The SMILES string of the molecule is c1cncc(CN(Cc2ccnc3ccccc23)CC2CCN(C3CCCC3)CC2)c1. The predicted octanol–water partition coefficient (Wildman–Crippen LogP) is 5.29. The number of hydrogen-bond donors (Lipinski definition) is 0. The third-order valence-electron chi connectivity index (χ3n) is 7.27. The van der Waals surface area contributed by atoms with Crippen LogP contribution < -0.4 is 0 Å². The maximum atomic E-state index is 4.56. The van der Waals surface area contributed by atoms with Crippen LogP contribution in [-0.2, 0) is 13.1 Å². The Kier molecular flexibility index (Phi) is 6.57. The Morgan fingerprint density at radius 3 is 2.52 bits per heavy atom. The molecule has 2 fully saturated rings. The highest BCUT2D eigenvalue weighted by Gasteiger charge is 2.28. The van der Waals surface area contributed by atoms with E-state index >= 15 is 0 Å². The lowest BCUT2D eigenvalue weighted by atomic mass is 9.94. The average Bonchev–Trinajstić information content (AvgIpc) is 3.36. The number of hydrogen-bond acceptors (Lipinski definition) is 4. The molecule has 0 unspecified atom stereocenters. The topological polar surface area (TPSA) is 32.3 Å². The number of likely N-dealkylation sites (tertiary alicyclic amines) is 1. The zero-order valence-corrected chi connectivity index (χ0v) is 18.5. The van der Waals surface area contributed by atoms with Crippen LogP contribution in [0.25, 0.3) is 10.9 Å². The lowest BCUT2D eigenvalue weighted by molar-refractivity contribution is 0.107. The van der Waals surface area contributed by atoms with Crippen molar-refractivity contribution in [3.63, 3.8) is 0 Å². The summed E-state index contributed by atoms with van der Waals surface area (Å²) in [6.45, 7) is 5.64. The minimum Gasteiger partial charge on any atom is -0.300 e. The average molecular weight is 415 g/mol. The van der Waals surface area contributed by atoms with Crippen LogP contribution >= 0.6 is 0 Å². The Bertz CT molecular complexity index is 954. The van der Waals surface area contributed by atoms with Crippen LogP contribution in [0.3, 0.4) is 0 Å². The van der Waals surface area contributed by atoms with Gasteiger partial charge >= 0.3 is 0 Å². The maximum Gasteiger partial charge on any atom is 0.0705 e. The molecule has 1 aliphatic heterocycles. The number of para-hydroxylation sites is 1. The van der Waals surface area contributed by atoms with Gasteiger partial charge in [-0.25, -0.2) is 0 Å². The summed E-state index contributed by atoms with van der Waals surface area (Å²) in [5, 5.41) is 1.28. The van der Waals surface area contributed by atoms with Crippen molar-refractivity contribution in [1.29, 1.82) is 0 Å². The van der Waals surface area contributed by atoms with E-state index in [0.29, 0.717) is 0 Å². The van der Waals surface area contributed by atoms with Crippen LogP contribution in [0.5, 0.6) is 0 Å². The molecule has 2 aromatic heterocycles. The predicted molar refractivity (Wildman–Crippen MR) is 127 cm³/mol. The second-order valence-electron chi connectivity index (χ2n) is 9.44. The van der Waals surface area contributed by atoms with E-state index < -0.39 is 0 Å². The summed E-state index contributed by atoms with van der Waals surface area (Å²) in [5.74, 6) is 0.780. The van der Waals surface area contributed by atoms with Crippen molar-refractivity contribution in [2.45, 2.75) is 57.7 Å². The van der Waals surface area contributed by atoms with E-state index in [2.05, 4.69) is 62.2 Å². The van der Waals surface area contributed by atoms with Gasteiger partial charge in [0.25, 0.3) is 0 Å². The summed E-state index contributed by atoms with van der Waals surface area (Å²) in [5.41, 5.74) is 3.76. The summed E-state index contributed by atoms with van der Waals surface area (Å²) in [6, 6.07) is 15.8. The Hall–Kier alpha value is -2.30. The fourth-order valence-electron chi connectivity index (χ4n) is 5.60. The molecule has 1 saturated carbocycles. The van der Waals surface area contributed by atoms with Crippen molar-refractivity contribution in [3.05, 3.63) is 72.2 Å². The van der Waals surface area contributed by atoms with E-state index in [1.54, 1.807) is 0 Å². The van der Waals surface area contributed by atoms with Gasteiger partial charge < -0.3 is 4.90 Å². The van der Waals surface area contributed by atoms with Gasteiger partial charge in [-0.05, 0) is 74.0 Å². The number of fused-ring (bicyclic) bond motifs is 1. The second kappa shape index (κ2) is 9.88. The molecule has 0 N–H and O–H groups in total. The van der Waals surface area contributed by atoms with Gasteiger partial charge in [0.2, 0.25) is 0 Å². The van der Waals surface area contributed by atoms with Gasteiger partial charge in [0, 0.05) is 49.7 Å². The molecule has 1 saturated heterocycles. The Morgan fingerprint density at radius 1 is 0.871 bits per heavy atom. The van der Waals surface area contributed by atoms with Crippen LogP contribution in [0.15, 0.2) is 61.1 Å². The van der Waals surface area contributed by atoms with Crippen molar-refractivity contribution in [2.75, 3.05) is 19.6 Å². The first-order valence-electron chi connectivity index (χ1n) is 12.0. The number of pyridine rings is 2. The second-order valence-corrected chi connectivity index (χ2v) is 9.44. The Morgan fingerprint density at radius 2 is 1.71 bits per heavy atom. The molecule has 0 amide bonds. The third-order valence-corrected chi connectivity index (χ3v) is 7.27. The fourth-order valence-corrected chi connectivity index (χ4v) is 5.60. The first-order chi connectivity index (χ1) is 15.3. The Labute approximate surface area is 186 Å². The molecule has 0 bridgehead atoms. The van der Waals surface area contributed by atoms with Crippen LogP contribution in [0.1, 0.15) is 49.7 Å². The van der Waals surface area contributed by atoms with Gasteiger partial charge in [0.15, 0.2) is 0 Å². The van der Waals surface area contributed by atoms with E-state index in [1.165, 1.54) is 68.1 Å². The summed E-state index contributed by atoms with van der Waals surface area (Å²) in [7, 11) is 0. The molecule has 162 valence electrons. The zero-order valence-electron chi connectivity index (χ0n) is 18.5. The van der Waals surface area contributed by atoms with Gasteiger partial charge in [0.05, 0.1) is 5.52 Å². The molecule has 0 radical (unpaired) electrons. The standard InChI is InChI=1S/C27H34N4/c1-2-8-25(7-1)31-16-12-22(13-17-31)19-30(20-23-6-5-14-28-18-23)21-24-11-15-29-27-10-4-3-9-26(24)27/h3-6,9-11,14-15,18,22,25H,1-2,7-8,12-13,16-17,19-21H2. The summed E-state index contributed by atoms with van der Waals surface area (Å²) >= 11 is 0. The van der Waals surface area contributed by atoms with Crippen molar-refractivity contribution < 1.29 is 0 Å². The normalized spacial score (nSPS) is 18.9. The molecule has 1 aliphatic carbocycles. The molecule has 2 aliphatic rings. The highest BCUT2D eigenvalue weighted by atomic mass is 15.2. The number of rotatable bonds is 7. The van der Waals surface area contributed by atoms with E-state index in [0.717, 1.165) is 37.1 Å².